The summed E-state index contributed by atoms with van der Waals surface area (Å²) in [6.45, 7) is 0.991. The Labute approximate surface area is 120 Å². The molecular weight excluding hydrogens is 268 g/mol. The number of hydrogen-bond acceptors (Lipinski definition) is 6. The Balaban J connectivity index is 1.74. The second kappa shape index (κ2) is 3.87. The molecule has 8 heteroatoms. The van der Waals surface area contributed by atoms with E-state index in [1.165, 1.54) is 0 Å². The first-order chi connectivity index (χ1) is 10.4. The van der Waals surface area contributed by atoms with Crippen molar-refractivity contribution in [3.05, 3.63) is 37.1 Å². The van der Waals surface area contributed by atoms with Gasteiger partial charge in [0.05, 0.1) is 12.2 Å². The lowest BCUT2D eigenvalue weighted by molar-refractivity contribution is 0.618. The van der Waals surface area contributed by atoms with Gasteiger partial charge in [0.15, 0.2) is 11.6 Å². The summed E-state index contributed by atoms with van der Waals surface area (Å²) < 4.78 is 3.81. The minimum Gasteiger partial charge on any atom is -0.344 e. The van der Waals surface area contributed by atoms with Crippen LogP contribution in [0.5, 0.6) is 0 Å². The zero-order chi connectivity index (χ0) is 13.8. The average molecular weight is 280 g/mol. The fourth-order valence-corrected chi connectivity index (χ4v) is 3.19. The molecule has 0 spiro atoms. The van der Waals surface area contributed by atoms with E-state index in [9.17, 15) is 0 Å². The molecule has 1 atom stereocenters. The number of rotatable bonds is 1. The number of aromatic nitrogens is 7. The van der Waals surface area contributed by atoms with Gasteiger partial charge in [0.1, 0.15) is 18.3 Å². The number of nitrogens with zero attached hydrogens (tertiary/aromatic N) is 8. The molecule has 5 rings (SSSR count). The van der Waals surface area contributed by atoms with E-state index >= 15 is 0 Å². The maximum Gasteiger partial charge on any atom is 0.236 e. The van der Waals surface area contributed by atoms with E-state index < -0.39 is 0 Å². The number of anilines is 1. The highest BCUT2D eigenvalue weighted by atomic mass is 15.4. The predicted octanol–water partition coefficient (Wildman–Crippen LogP) is 0.898. The first-order valence-corrected chi connectivity index (χ1v) is 6.94. The third-order valence-corrected chi connectivity index (χ3v) is 4.13. The van der Waals surface area contributed by atoms with E-state index in [0.29, 0.717) is 5.95 Å². The molecule has 0 radical (unpaired) electrons. The maximum atomic E-state index is 4.74. The van der Waals surface area contributed by atoms with Crippen LogP contribution in [-0.2, 0) is 0 Å². The fraction of sp³-hybridized carbons (Fsp3) is 0.308. The van der Waals surface area contributed by atoms with Crippen LogP contribution >= 0.6 is 0 Å². The summed E-state index contributed by atoms with van der Waals surface area (Å²) in [5.74, 6) is 2.57. The first-order valence-electron chi connectivity index (χ1n) is 6.94. The summed E-state index contributed by atoms with van der Waals surface area (Å²) in [6, 6.07) is 0.269. The number of fused-ring (bicyclic) bond motifs is 6. The van der Waals surface area contributed by atoms with Gasteiger partial charge in [-0.3, -0.25) is 9.13 Å². The molecule has 2 aliphatic rings. The molecule has 1 saturated heterocycles. The Morgan fingerprint density at radius 2 is 2.24 bits per heavy atom. The molecule has 2 aliphatic heterocycles. The SMILES string of the molecule is c1cn(-c2ncc3c(n2)N2CCC[C@@H]2c2nncn2-3)cn1. The highest BCUT2D eigenvalue weighted by Gasteiger charge is 2.37. The van der Waals surface area contributed by atoms with Gasteiger partial charge in [-0.05, 0) is 12.8 Å². The van der Waals surface area contributed by atoms with Crippen LogP contribution in [0.1, 0.15) is 24.7 Å². The monoisotopic (exact) mass is 280 g/mol. The highest BCUT2D eigenvalue weighted by molar-refractivity contribution is 5.62. The van der Waals surface area contributed by atoms with Crippen LogP contribution in [0.4, 0.5) is 5.82 Å². The molecule has 3 aromatic heterocycles. The largest absolute Gasteiger partial charge is 0.344 e. The lowest BCUT2D eigenvalue weighted by Crippen LogP contribution is -2.31. The first kappa shape index (κ1) is 11.0. The van der Waals surface area contributed by atoms with Crippen molar-refractivity contribution in [2.24, 2.45) is 0 Å². The van der Waals surface area contributed by atoms with E-state index in [1.54, 1.807) is 18.9 Å². The molecule has 0 aliphatic carbocycles. The van der Waals surface area contributed by atoms with E-state index in [1.807, 2.05) is 21.5 Å². The lowest BCUT2D eigenvalue weighted by atomic mass is 10.1. The van der Waals surface area contributed by atoms with Crippen LogP contribution in [-0.4, -0.2) is 40.8 Å². The van der Waals surface area contributed by atoms with Gasteiger partial charge in [-0.2, -0.15) is 4.98 Å². The summed E-state index contributed by atoms with van der Waals surface area (Å²) in [6.07, 6.45) is 11.1. The standard InChI is InChI=1S/C13H12N8/c1-2-9-12-18-16-8-21(12)10-6-15-13(19-5-3-14-7-19)17-11(10)20(9)4-1/h3,5-9H,1-2,4H2/t9-/m1/s1. The Hall–Kier alpha value is -2.77. The van der Waals surface area contributed by atoms with Crippen molar-refractivity contribution < 1.29 is 0 Å². The van der Waals surface area contributed by atoms with Crippen LogP contribution in [0, 0.1) is 0 Å². The molecule has 0 bridgehead atoms. The number of hydrogen-bond donors (Lipinski definition) is 0. The minimum atomic E-state index is 0.269. The summed E-state index contributed by atoms with van der Waals surface area (Å²) in [7, 11) is 0. The topological polar surface area (TPSA) is 77.5 Å². The van der Waals surface area contributed by atoms with Crippen molar-refractivity contribution in [2.75, 3.05) is 11.4 Å². The van der Waals surface area contributed by atoms with Crippen molar-refractivity contribution in [1.29, 1.82) is 0 Å². The van der Waals surface area contributed by atoms with Crippen LogP contribution in [0.15, 0.2) is 31.2 Å². The molecule has 0 amide bonds. The van der Waals surface area contributed by atoms with Gasteiger partial charge in [-0.1, -0.05) is 0 Å². The smallest absolute Gasteiger partial charge is 0.236 e. The molecule has 104 valence electrons. The third-order valence-electron chi connectivity index (χ3n) is 4.13. The molecular formula is C13H12N8. The van der Waals surface area contributed by atoms with Crippen molar-refractivity contribution >= 4 is 5.82 Å². The fourth-order valence-electron chi connectivity index (χ4n) is 3.19. The van der Waals surface area contributed by atoms with E-state index in [2.05, 4.69) is 25.1 Å². The Morgan fingerprint density at radius 3 is 3.14 bits per heavy atom. The molecule has 3 aromatic rings. The molecule has 8 nitrogen and oxygen atoms in total. The van der Waals surface area contributed by atoms with Crippen LogP contribution < -0.4 is 4.90 Å². The zero-order valence-electron chi connectivity index (χ0n) is 11.2. The lowest BCUT2D eigenvalue weighted by Gasteiger charge is -2.31. The van der Waals surface area contributed by atoms with Gasteiger partial charge in [-0.15, -0.1) is 10.2 Å². The van der Waals surface area contributed by atoms with Crippen molar-refractivity contribution in [3.8, 4) is 11.6 Å². The van der Waals surface area contributed by atoms with Gasteiger partial charge in [-0.25, -0.2) is 9.97 Å². The number of imidazole rings is 1. The molecule has 1 fully saturated rings. The van der Waals surface area contributed by atoms with Crippen molar-refractivity contribution in [3.63, 3.8) is 0 Å². The second-order valence-corrected chi connectivity index (χ2v) is 5.26. The minimum absolute atomic E-state index is 0.269. The second-order valence-electron chi connectivity index (χ2n) is 5.26. The summed E-state index contributed by atoms with van der Waals surface area (Å²) in [5, 5.41) is 8.32. The third kappa shape index (κ3) is 1.41. The molecule has 5 heterocycles. The van der Waals surface area contributed by atoms with E-state index in [-0.39, 0.29) is 6.04 Å². The average Bonchev–Trinajstić information content (AvgIpc) is 3.25. The van der Waals surface area contributed by atoms with Crippen LogP contribution in [0.25, 0.3) is 11.6 Å². The molecule has 0 aromatic carbocycles. The molecule has 0 N–H and O–H groups in total. The van der Waals surface area contributed by atoms with Crippen LogP contribution in [0.3, 0.4) is 0 Å². The molecule has 0 unspecified atom stereocenters. The van der Waals surface area contributed by atoms with Crippen molar-refractivity contribution in [2.45, 2.75) is 18.9 Å². The van der Waals surface area contributed by atoms with Gasteiger partial charge in [0.2, 0.25) is 5.95 Å². The van der Waals surface area contributed by atoms with Crippen LogP contribution in [0.2, 0.25) is 0 Å². The molecule has 21 heavy (non-hydrogen) atoms. The van der Waals surface area contributed by atoms with Gasteiger partial charge >= 0.3 is 0 Å². The highest BCUT2D eigenvalue weighted by Crippen LogP contribution is 2.41. The van der Waals surface area contributed by atoms with E-state index in [4.69, 9.17) is 4.98 Å². The maximum absolute atomic E-state index is 4.74. The predicted molar refractivity (Wildman–Crippen MR) is 73.4 cm³/mol. The van der Waals surface area contributed by atoms with E-state index in [0.717, 1.165) is 36.7 Å². The molecule has 0 saturated carbocycles. The Kier molecular flexibility index (Phi) is 2.02. The van der Waals surface area contributed by atoms with Crippen molar-refractivity contribution in [1.82, 2.24) is 34.3 Å². The van der Waals surface area contributed by atoms with Gasteiger partial charge in [0.25, 0.3) is 0 Å². The zero-order valence-corrected chi connectivity index (χ0v) is 11.2. The quantitative estimate of drug-likeness (QED) is 0.659. The van der Waals surface area contributed by atoms with Gasteiger partial charge < -0.3 is 4.90 Å². The summed E-state index contributed by atoms with van der Waals surface area (Å²) in [4.78, 5) is 15.5. The Morgan fingerprint density at radius 1 is 1.24 bits per heavy atom. The normalized spacial score (nSPS) is 19.2. The summed E-state index contributed by atoms with van der Waals surface area (Å²) >= 11 is 0. The summed E-state index contributed by atoms with van der Waals surface area (Å²) in [5.41, 5.74) is 0.942. The Bertz CT molecular complexity index is 805. The van der Waals surface area contributed by atoms with Gasteiger partial charge in [0, 0.05) is 18.9 Å².